The standard InChI is InChI=1S/C18H24N4O2S.HI/c1-12-13(2)25-17(22-12)11-21-18(19-3)20-10-14-5-6-15-16(9-14)24-8-4-7-23-15;/h5-6,9H,4,7-8,10-11H2,1-3H3,(H2,19,20,21);1H. The molecule has 3 rings (SSSR count). The van der Waals surface area contributed by atoms with Gasteiger partial charge in [-0.15, -0.1) is 35.3 Å². The quantitative estimate of drug-likeness (QED) is 0.393. The number of aromatic nitrogens is 1. The maximum Gasteiger partial charge on any atom is 0.191 e. The van der Waals surface area contributed by atoms with E-state index in [0.29, 0.717) is 26.3 Å². The highest BCUT2D eigenvalue weighted by atomic mass is 127. The summed E-state index contributed by atoms with van der Waals surface area (Å²) < 4.78 is 11.4. The van der Waals surface area contributed by atoms with Gasteiger partial charge < -0.3 is 20.1 Å². The number of benzene rings is 1. The van der Waals surface area contributed by atoms with Crippen LogP contribution in [0, 0.1) is 13.8 Å². The lowest BCUT2D eigenvalue weighted by Gasteiger charge is -2.13. The number of hydrogen-bond acceptors (Lipinski definition) is 5. The van der Waals surface area contributed by atoms with Gasteiger partial charge in [-0.3, -0.25) is 4.99 Å². The third kappa shape index (κ3) is 5.47. The van der Waals surface area contributed by atoms with E-state index in [2.05, 4.69) is 27.5 Å². The van der Waals surface area contributed by atoms with E-state index in [4.69, 9.17) is 9.47 Å². The van der Waals surface area contributed by atoms with Gasteiger partial charge in [-0.25, -0.2) is 4.98 Å². The molecule has 0 aliphatic carbocycles. The van der Waals surface area contributed by atoms with Gasteiger partial charge in [0.25, 0.3) is 0 Å². The average molecular weight is 488 g/mol. The third-order valence-electron chi connectivity index (χ3n) is 3.98. The Kier molecular flexibility index (Phi) is 7.95. The lowest BCUT2D eigenvalue weighted by molar-refractivity contribution is 0.297. The summed E-state index contributed by atoms with van der Waals surface area (Å²) in [6.07, 6.45) is 0.911. The highest BCUT2D eigenvalue weighted by Crippen LogP contribution is 2.30. The Labute approximate surface area is 175 Å². The topological polar surface area (TPSA) is 67.8 Å². The molecule has 1 aliphatic rings. The van der Waals surface area contributed by atoms with Crippen molar-refractivity contribution in [2.45, 2.75) is 33.4 Å². The molecule has 2 heterocycles. The number of guanidine groups is 1. The molecule has 26 heavy (non-hydrogen) atoms. The highest BCUT2D eigenvalue weighted by Gasteiger charge is 2.11. The molecule has 0 atom stereocenters. The molecule has 1 aliphatic heterocycles. The molecule has 0 radical (unpaired) electrons. The Balaban J connectivity index is 0.00000243. The van der Waals surface area contributed by atoms with Crippen LogP contribution < -0.4 is 20.1 Å². The molecule has 0 fully saturated rings. The fourth-order valence-corrected chi connectivity index (χ4v) is 3.37. The van der Waals surface area contributed by atoms with Gasteiger partial charge in [-0.2, -0.15) is 0 Å². The van der Waals surface area contributed by atoms with Crippen LogP contribution in [0.5, 0.6) is 11.5 Å². The van der Waals surface area contributed by atoms with Gasteiger partial charge in [0.2, 0.25) is 0 Å². The molecule has 0 bridgehead atoms. The van der Waals surface area contributed by atoms with Gasteiger partial charge in [0.15, 0.2) is 17.5 Å². The van der Waals surface area contributed by atoms with Crippen molar-refractivity contribution in [2.24, 2.45) is 4.99 Å². The van der Waals surface area contributed by atoms with Crippen LogP contribution in [-0.4, -0.2) is 31.2 Å². The van der Waals surface area contributed by atoms with E-state index >= 15 is 0 Å². The number of aryl methyl sites for hydroxylation is 2. The van der Waals surface area contributed by atoms with Crippen LogP contribution in [0.15, 0.2) is 23.2 Å². The number of rotatable bonds is 4. The molecule has 0 saturated carbocycles. The van der Waals surface area contributed by atoms with Crippen LogP contribution in [0.2, 0.25) is 0 Å². The average Bonchev–Trinajstić information content (AvgIpc) is 2.81. The van der Waals surface area contributed by atoms with Gasteiger partial charge in [0.1, 0.15) is 5.01 Å². The Morgan fingerprint density at radius 3 is 2.58 bits per heavy atom. The minimum Gasteiger partial charge on any atom is -0.490 e. The van der Waals surface area contributed by atoms with Crippen molar-refractivity contribution >= 4 is 41.3 Å². The molecule has 0 spiro atoms. The smallest absolute Gasteiger partial charge is 0.191 e. The lowest BCUT2D eigenvalue weighted by atomic mass is 10.2. The Hall–Kier alpha value is -1.55. The van der Waals surface area contributed by atoms with Gasteiger partial charge in [-0.1, -0.05) is 6.07 Å². The summed E-state index contributed by atoms with van der Waals surface area (Å²) in [6.45, 7) is 6.85. The number of thiazole rings is 1. The van der Waals surface area contributed by atoms with E-state index in [1.54, 1.807) is 18.4 Å². The van der Waals surface area contributed by atoms with Crippen LogP contribution >= 0.6 is 35.3 Å². The first-order chi connectivity index (χ1) is 12.2. The number of hydrogen-bond donors (Lipinski definition) is 2. The summed E-state index contributed by atoms with van der Waals surface area (Å²) in [5.74, 6) is 2.38. The number of fused-ring (bicyclic) bond motifs is 1. The van der Waals surface area contributed by atoms with E-state index < -0.39 is 0 Å². The zero-order valence-corrected chi connectivity index (χ0v) is 18.4. The minimum atomic E-state index is 0. The number of halogens is 1. The van der Waals surface area contributed by atoms with Crippen molar-refractivity contribution in [1.82, 2.24) is 15.6 Å². The summed E-state index contributed by atoms with van der Waals surface area (Å²) >= 11 is 1.71. The Morgan fingerprint density at radius 1 is 1.15 bits per heavy atom. The monoisotopic (exact) mass is 488 g/mol. The van der Waals surface area contributed by atoms with Crippen LogP contribution in [0.3, 0.4) is 0 Å². The fraction of sp³-hybridized carbons (Fsp3) is 0.444. The molecule has 1 aromatic carbocycles. The molecule has 1 aromatic heterocycles. The predicted molar refractivity (Wildman–Crippen MR) is 116 cm³/mol. The molecular formula is C18H25IN4O2S. The molecule has 2 aromatic rings. The first-order valence-electron chi connectivity index (χ1n) is 8.41. The van der Waals surface area contributed by atoms with E-state index in [1.165, 1.54) is 4.88 Å². The second-order valence-electron chi connectivity index (χ2n) is 5.86. The molecule has 0 saturated heterocycles. The number of aliphatic imine (C=N–C) groups is 1. The van der Waals surface area contributed by atoms with Gasteiger partial charge in [-0.05, 0) is 31.5 Å². The maximum absolute atomic E-state index is 5.74. The van der Waals surface area contributed by atoms with E-state index in [-0.39, 0.29) is 24.0 Å². The van der Waals surface area contributed by atoms with E-state index in [0.717, 1.165) is 40.1 Å². The van der Waals surface area contributed by atoms with Gasteiger partial charge in [0.05, 0.1) is 25.5 Å². The maximum atomic E-state index is 5.74. The zero-order chi connectivity index (χ0) is 17.6. The lowest BCUT2D eigenvalue weighted by Crippen LogP contribution is -2.36. The summed E-state index contributed by atoms with van der Waals surface area (Å²) in [6, 6.07) is 6.03. The number of nitrogens with one attached hydrogen (secondary N) is 2. The molecule has 142 valence electrons. The number of nitrogens with zero attached hydrogens (tertiary/aromatic N) is 2. The summed E-state index contributed by atoms with van der Waals surface area (Å²) in [5, 5.41) is 7.68. The van der Waals surface area contributed by atoms with Crippen LogP contribution in [0.25, 0.3) is 0 Å². The third-order valence-corrected chi connectivity index (χ3v) is 5.05. The van der Waals surface area contributed by atoms with Crippen molar-refractivity contribution in [1.29, 1.82) is 0 Å². The van der Waals surface area contributed by atoms with Crippen molar-refractivity contribution in [3.63, 3.8) is 0 Å². The van der Waals surface area contributed by atoms with E-state index in [9.17, 15) is 0 Å². The van der Waals surface area contributed by atoms with Crippen molar-refractivity contribution in [2.75, 3.05) is 20.3 Å². The molecule has 0 unspecified atom stereocenters. The van der Waals surface area contributed by atoms with Crippen LogP contribution in [0.4, 0.5) is 0 Å². The molecular weight excluding hydrogens is 463 g/mol. The zero-order valence-electron chi connectivity index (χ0n) is 15.3. The second kappa shape index (κ2) is 9.96. The van der Waals surface area contributed by atoms with Crippen LogP contribution in [0.1, 0.15) is 27.6 Å². The van der Waals surface area contributed by atoms with E-state index in [1.807, 2.05) is 25.1 Å². The predicted octanol–water partition coefficient (Wildman–Crippen LogP) is 3.40. The summed E-state index contributed by atoms with van der Waals surface area (Å²) in [7, 11) is 1.77. The molecule has 8 heteroatoms. The first kappa shape index (κ1) is 20.8. The van der Waals surface area contributed by atoms with Crippen LogP contribution in [-0.2, 0) is 13.1 Å². The summed E-state index contributed by atoms with van der Waals surface area (Å²) in [5.41, 5.74) is 2.21. The molecule has 0 amide bonds. The van der Waals surface area contributed by atoms with Crippen molar-refractivity contribution in [3.05, 3.63) is 39.3 Å². The highest BCUT2D eigenvalue weighted by molar-refractivity contribution is 14.0. The molecule has 2 N–H and O–H groups in total. The Bertz CT molecular complexity index is 744. The summed E-state index contributed by atoms with van der Waals surface area (Å²) in [4.78, 5) is 10.1. The largest absolute Gasteiger partial charge is 0.490 e. The minimum absolute atomic E-state index is 0. The van der Waals surface area contributed by atoms with Crippen molar-refractivity contribution in [3.8, 4) is 11.5 Å². The van der Waals surface area contributed by atoms with Gasteiger partial charge in [0, 0.05) is 24.9 Å². The Morgan fingerprint density at radius 2 is 1.88 bits per heavy atom. The molecule has 6 nitrogen and oxygen atoms in total. The SMILES string of the molecule is CN=C(NCc1ccc2c(c1)OCCCO2)NCc1nc(C)c(C)s1.I. The number of ether oxygens (including phenoxy) is 2. The fourth-order valence-electron chi connectivity index (χ4n) is 2.50. The second-order valence-corrected chi connectivity index (χ2v) is 7.15. The first-order valence-corrected chi connectivity index (χ1v) is 9.23. The normalized spacial score (nSPS) is 13.6. The van der Waals surface area contributed by atoms with Crippen molar-refractivity contribution < 1.29 is 9.47 Å². The van der Waals surface area contributed by atoms with Gasteiger partial charge >= 0.3 is 0 Å².